The highest BCUT2D eigenvalue weighted by atomic mass is 32.2. The number of aromatic nitrogens is 2. The fourth-order valence-corrected chi connectivity index (χ4v) is 4.35. The van der Waals surface area contributed by atoms with Crippen LogP contribution in [0.4, 0.5) is 19.0 Å². The van der Waals surface area contributed by atoms with Gasteiger partial charge >= 0.3 is 6.18 Å². The third kappa shape index (κ3) is 5.32. The van der Waals surface area contributed by atoms with E-state index in [0.717, 1.165) is 43.8 Å². The monoisotopic (exact) mass is 455 g/mol. The van der Waals surface area contributed by atoms with Gasteiger partial charge in [-0.15, -0.1) is 0 Å². The Morgan fingerprint density at radius 2 is 1.81 bits per heavy atom. The second-order valence-electron chi connectivity index (χ2n) is 7.74. The van der Waals surface area contributed by atoms with E-state index < -0.39 is 11.9 Å². The van der Waals surface area contributed by atoms with Gasteiger partial charge in [-0.05, 0) is 32.0 Å². The van der Waals surface area contributed by atoms with Crippen molar-refractivity contribution in [3.05, 3.63) is 35.4 Å². The molecule has 2 aliphatic rings. The summed E-state index contributed by atoms with van der Waals surface area (Å²) in [4.78, 5) is 26.4. The summed E-state index contributed by atoms with van der Waals surface area (Å²) in [5.41, 5.74) is -0.947. The Morgan fingerprint density at radius 1 is 1.10 bits per heavy atom. The van der Waals surface area contributed by atoms with Crippen LogP contribution in [0, 0.1) is 0 Å². The van der Waals surface area contributed by atoms with E-state index >= 15 is 0 Å². The SMILES string of the molecule is CN1CCN(C(=O)c2ccc(CSc3nc(N4CCCC4)cc(C(F)(F)F)n3)o2)CC1. The molecule has 4 heterocycles. The predicted molar refractivity (Wildman–Crippen MR) is 110 cm³/mol. The number of carbonyl (C=O) groups excluding carboxylic acids is 1. The minimum absolute atomic E-state index is 0.0417. The van der Waals surface area contributed by atoms with Gasteiger partial charge in [-0.3, -0.25) is 4.79 Å². The highest BCUT2D eigenvalue weighted by Crippen LogP contribution is 2.33. The molecule has 0 saturated carbocycles. The number of thioether (sulfide) groups is 1. The Balaban J connectivity index is 1.44. The molecule has 0 bridgehead atoms. The van der Waals surface area contributed by atoms with Gasteiger partial charge in [0.05, 0.1) is 5.75 Å². The Bertz CT molecular complexity index is 922. The first-order chi connectivity index (χ1) is 14.8. The fourth-order valence-electron chi connectivity index (χ4n) is 3.60. The number of piperazine rings is 1. The summed E-state index contributed by atoms with van der Waals surface area (Å²) in [6, 6.07) is 4.29. The van der Waals surface area contributed by atoms with Crippen molar-refractivity contribution in [2.75, 3.05) is 51.2 Å². The predicted octanol–water partition coefficient (Wildman–Crippen LogP) is 3.37. The van der Waals surface area contributed by atoms with Crippen molar-refractivity contribution >= 4 is 23.5 Å². The summed E-state index contributed by atoms with van der Waals surface area (Å²) >= 11 is 1.06. The van der Waals surface area contributed by atoms with E-state index in [-0.39, 0.29) is 22.6 Å². The van der Waals surface area contributed by atoms with Crippen molar-refractivity contribution in [1.29, 1.82) is 0 Å². The zero-order chi connectivity index (χ0) is 22.0. The standard InChI is InChI=1S/C20H24F3N5O2S/c1-26-8-10-28(11-9-26)18(29)15-5-4-14(30-15)13-31-19-24-16(20(21,22)23)12-17(25-19)27-6-2-3-7-27/h4-5,12H,2-3,6-11,13H2,1H3. The van der Waals surface area contributed by atoms with E-state index in [2.05, 4.69) is 14.9 Å². The van der Waals surface area contributed by atoms with E-state index in [1.165, 1.54) is 0 Å². The molecule has 2 aromatic rings. The molecule has 2 saturated heterocycles. The van der Waals surface area contributed by atoms with Crippen LogP contribution in [-0.2, 0) is 11.9 Å². The topological polar surface area (TPSA) is 65.7 Å². The van der Waals surface area contributed by atoms with E-state index in [9.17, 15) is 18.0 Å². The third-order valence-corrected chi connectivity index (χ3v) is 6.29. The highest BCUT2D eigenvalue weighted by molar-refractivity contribution is 7.98. The first-order valence-electron chi connectivity index (χ1n) is 10.2. The van der Waals surface area contributed by atoms with Crippen LogP contribution in [0.25, 0.3) is 0 Å². The number of rotatable bonds is 5. The number of likely N-dealkylation sites (N-methyl/N-ethyl adjacent to an activating group) is 1. The van der Waals surface area contributed by atoms with Crippen LogP contribution in [0.3, 0.4) is 0 Å². The quantitative estimate of drug-likeness (QED) is 0.506. The molecule has 2 aliphatic heterocycles. The number of hydrogen-bond donors (Lipinski definition) is 0. The van der Waals surface area contributed by atoms with Crippen molar-refractivity contribution in [2.24, 2.45) is 0 Å². The summed E-state index contributed by atoms with van der Waals surface area (Å²) in [6.45, 7) is 4.26. The van der Waals surface area contributed by atoms with Crippen LogP contribution in [0.15, 0.2) is 27.8 Å². The van der Waals surface area contributed by atoms with Crippen molar-refractivity contribution in [3.8, 4) is 0 Å². The van der Waals surface area contributed by atoms with Gasteiger partial charge in [-0.25, -0.2) is 9.97 Å². The van der Waals surface area contributed by atoms with E-state index in [4.69, 9.17) is 4.42 Å². The Kier molecular flexibility index (Phi) is 6.42. The number of furan rings is 1. The molecule has 1 amide bonds. The molecule has 0 radical (unpaired) electrons. The van der Waals surface area contributed by atoms with Gasteiger partial charge in [0.1, 0.15) is 11.6 Å². The zero-order valence-corrected chi connectivity index (χ0v) is 18.0. The average Bonchev–Trinajstić information content (AvgIpc) is 3.44. The van der Waals surface area contributed by atoms with Gasteiger partial charge in [0.25, 0.3) is 5.91 Å². The van der Waals surface area contributed by atoms with Crippen molar-refractivity contribution < 1.29 is 22.4 Å². The minimum Gasteiger partial charge on any atom is -0.455 e. The normalized spacial score (nSPS) is 18.1. The first kappa shape index (κ1) is 21.9. The molecule has 0 aliphatic carbocycles. The maximum atomic E-state index is 13.3. The van der Waals surface area contributed by atoms with Crippen LogP contribution in [0.2, 0.25) is 0 Å². The summed E-state index contributed by atoms with van der Waals surface area (Å²) in [6.07, 6.45) is -2.67. The number of anilines is 1. The van der Waals surface area contributed by atoms with Gasteiger partial charge < -0.3 is 19.1 Å². The van der Waals surface area contributed by atoms with Gasteiger partial charge in [0, 0.05) is 45.3 Å². The summed E-state index contributed by atoms with van der Waals surface area (Å²) in [5.74, 6) is 1.09. The van der Waals surface area contributed by atoms with Gasteiger partial charge in [-0.2, -0.15) is 13.2 Å². The van der Waals surface area contributed by atoms with Crippen molar-refractivity contribution in [2.45, 2.75) is 29.9 Å². The average molecular weight is 456 g/mol. The second-order valence-corrected chi connectivity index (χ2v) is 8.68. The molecule has 2 fully saturated rings. The van der Waals surface area contributed by atoms with Crippen molar-refractivity contribution in [3.63, 3.8) is 0 Å². The van der Waals surface area contributed by atoms with Gasteiger partial charge in [0.15, 0.2) is 16.6 Å². The first-order valence-corrected chi connectivity index (χ1v) is 11.2. The molecular weight excluding hydrogens is 431 g/mol. The molecule has 168 valence electrons. The van der Waals surface area contributed by atoms with E-state index in [0.29, 0.717) is 37.8 Å². The number of hydrogen-bond acceptors (Lipinski definition) is 7. The molecule has 11 heteroatoms. The number of amides is 1. The molecule has 31 heavy (non-hydrogen) atoms. The van der Waals surface area contributed by atoms with Crippen LogP contribution < -0.4 is 4.90 Å². The van der Waals surface area contributed by atoms with Crippen LogP contribution >= 0.6 is 11.8 Å². The molecule has 0 unspecified atom stereocenters. The summed E-state index contributed by atoms with van der Waals surface area (Å²) < 4.78 is 45.6. The van der Waals surface area contributed by atoms with Gasteiger partial charge in [-0.1, -0.05) is 11.8 Å². The molecule has 0 N–H and O–H groups in total. The maximum absolute atomic E-state index is 13.3. The molecule has 0 atom stereocenters. The molecule has 2 aromatic heterocycles. The number of nitrogens with zero attached hydrogens (tertiary/aromatic N) is 5. The van der Waals surface area contributed by atoms with Crippen LogP contribution in [0.1, 0.15) is 34.9 Å². The van der Waals surface area contributed by atoms with Crippen LogP contribution in [0.5, 0.6) is 0 Å². The number of alkyl halides is 3. The maximum Gasteiger partial charge on any atom is 0.433 e. The summed E-state index contributed by atoms with van der Waals surface area (Å²) in [5, 5.41) is 0.0417. The molecule has 7 nitrogen and oxygen atoms in total. The zero-order valence-electron chi connectivity index (χ0n) is 17.2. The Labute approximate surface area is 182 Å². The lowest BCUT2D eigenvalue weighted by Crippen LogP contribution is -2.47. The highest BCUT2D eigenvalue weighted by Gasteiger charge is 2.34. The lowest BCUT2D eigenvalue weighted by atomic mass is 10.3. The second kappa shape index (κ2) is 9.07. The van der Waals surface area contributed by atoms with Gasteiger partial charge in [0.2, 0.25) is 0 Å². The number of carbonyl (C=O) groups is 1. The molecule has 4 rings (SSSR count). The third-order valence-electron chi connectivity index (χ3n) is 5.42. The fraction of sp³-hybridized carbons (Fsp3) is 0.550. The molecule has 0 aromatic carbocycles. The minimum atomic E-state index is -4.54. The Hall–Kier alpha value is -2.27. The van der Waals surface area contributed by atoms with Crippen LogP contribution in [-0.4, -0.2) is 72.0 Å². The summed E-state index contributed by atoms with van der Waals surface area (Å²) in [7, 11) is 2.01. The van der Waals surface area contributed by atoms with E-state index in [1.54, 1.807) is 17.0 Å². The Morgan fingerprint density at radius 3 is 2.48 bits per heavy atom. The number of halogens is 3. The smallest absolute Gasteiger partial charge is 0.433 e. The van der Waals surface area contributed by atoms with E-state index in [1.807, 2.05) is 11.9 Å². The molecular formula is C20H24F3N5O2S. The van der Waals surface area contributed by atoms with Crippen molar-refractivity contribution in [1.82, 2.24) is 19.8 Å². The molecule has 0 spiro atoms. The lowest BCUT2D eigenvalue weighted by Gasteiger charge is -2.31. The lowest BCUT2D eigenvalue weighted by molar-refractivity contribution is -0.141. The largest absolute Gasteiger partial charge is 0.455 e.